The molecule has 0 aliphatic carbocycles. The molecule has 1 aromatic heterocycles. The molecule has 44 heavy (non-hydrogen) atoms. The highest BCUT2D eigenvalue weighted by Crippen LogP contribution is 2.35. The molecule has 0 amide bonds. The molecule has 0 fully saturated rings. The summed E-state index contributed by atoms with van der Waals surface area (Å²) in [5.74, 6) is 0. The van der Waals surface area contributed by atoms with Crippen LogP contribution in [0.15, 0.2) is 122 Å². The second kappa shape index (κ2) is 12.2. The molecule has 0 bridgehead atoms. The molecule has 1 heterocycles. The summed E-state index contributed by atoms with van der Waals surface area (Å²) in [6.07, 6.45) is 6.69. The number of para-hydroxylation sites is 1. The molecule has 0 atom stereocenters. The first-order valence-corrected chi connectivity index (χ1v) is 15.3. The molecule has 0 saturated carbocycles. The van der Waals surface area contributed by atoms with Crippen molar-refractivity contribution in [3.63, 3.8) is 0 Å². The lowest BCUT2D eigenvalue weighted by Gasteiger charge is -2.15. The lowest BCUT2D eigenvalue weighted by molar-refractivity contribution is -0.349. The van der Waals surface area contributed by atoms with Gasteiger partial charge in [0.05, 0.1) is 5.52 Å². The maximum atomic E-state index is 3.64. The van der Waals surface area contributed by atoms with Crippen molar-refractivity contribution < 1.29 is 4.99 Å². The maximum Gasteiger partial charge on any atom is 0.247 e. The summed E-state index contributed by atoms with van der Waals surface area (Å²) in [5.41, 5.74) is 15.5. The predicted molar refractivity (Wildman–Crippen MR) is 187 cm³/mol. The number of aryl methyl sites for hydroxylation is 6. The van der Waals surface area contributed by atoms with Gasteiger partial charge in [0.15, 0.2) is 0 Å². The number of hydrogen-bond donors (Lipinski definition) is 1. The number of fused-ring (bicyclic) bond motifs is 1. The molecule has 0 aliphatic rings. The number of nitrogens with zero attached hydrogens (tertiary/aromatic N) is 2. The van der Waals surface area contributed by atoms with Gasteiger partial charge in [-0.3, -0.25) is 0 Å². The summed E-state index contributed by atoms with van der Waals surface area (Å²) >= 11 is 0. The van der Waals surface area contributed by atoms with E-state index in [1.54, 1.807) is 0 Å². The normalized spacial score (nSPS) is 11.9. The summed E-state index contributed by atoms with van der Waals surface area (Å²) in [6, 6.07) is 39.3. The molecule has 6 rings (SSSR count). The van der Waals surface area contributed by atoms with E-state index in [1.807, 2.05) is 0 Å². The van der Waals surface area contributed by atoms with Crippen molar-refractivity contribution in [3.8, 4) is 5.69 Å². The van der Waals surface area contributed by atoms with Gasteiger partial charge in [-0.2, -0.15) is 0 Å². The first-order valence-electron chi connectivity index (χ1n) is 15.3. The van der Waals surface area contributed by atoms with E-state index in [-0.39, 0.29) is 0 Å². The fourth-order valence-corrected chi connectivity index (χ4v) is 5.83. The summed E-state index contributed by atoms with van der Waals surface area (Å²) in [5, 5.41) is 1.21. The van der Waals surface area contributed by atoms with Crippen molar-refractivity contribution in [3.05, 3.63) is 166 Å². The van der Waals surface area contributed by atoms with E-state index < -0.39 is 0 Å². The summed E-state index contributed by atoms with van der Waals surface area (Å²) in [4.78, 5) is 5.89. The molecule has 6 aromatic rings. The number of rotatable bonds is 7. The Morgan fingerprint density at radius 1 is 0.636 bits per heavy atom. The zero-order chi connectivity index (χ0) is 30.8. The van der Waals surface area contributed by atoms with Crippen molar-refractivity contribution in [1.82, 2.24) is 4.57 Å². The fraction of sp³-hybridized carbons (Fsp3) is 0.146. The molecule has 0 saturated heterocycles. The highest BCUT2D eigenvalue weighted by molar-refractivity contribution is 6.00. The minimum absolute atomic E-state index is 1.10. The first kappa shape index (κ1) is 28.9. The topological polar surface area (TPSA) is 22.1 Å². The third-order valence-corrected chi connectivity index (χ3v) is 8.37. The Kier molecular flexibility index (Phi) is 8.04. The van der Waals surface area contributed by atoms with Crippen molar-refractivity contribution in [2.45, 2.75) is 41.5 Å². The third kappa shape index (κ3) is 5.87. The molecular formula is C41H40N3+. The third-order valence-electron chi connectivity index (χ3n) is 8.37. The van der Waals surface area contributed by atoms with Gasteiger partial charge in [-0.25, -0.2) is 9.89 Å². The zero-order valence-electron chi connectivity index (χ0n) is 26.5. The van der Waals surface area contributed by atoms with Crippen LogP contribution in [0.3, 0.4) is 0 Å². The lowest BCUT2D eigenvalue weighted by atomic mass is 9.98. The predicted octanol–water partition coefficient (Wildman–Crippen LogP) is 8.82. The second-order valence-corrected chi connectivity index (χ2v) is 11.9. The molecule has 5 aromatic carbocycles. The average Bonchev–Trinajstić information content (AvgIpc) is 3.41. The Balaban J connectivity index is 1.62. The van der Waals surface area contributed by atoms with Gasteiger partial charge >= 0.3 is 0 Å². The van der Waals surface area contributed by atoms with Gasteiger partial charge in [0.25, 0.3) is 0 Å². The van der Waals surface area contributed by atoms with E-state index in [0.717, 1.165) is 22.5 Å². The van der Waals surface area contributed by atoms with Crippen LogP contribution >= 0.6 is 0 Å². The maximum absolute atomic E-state index is 3.64. The molecule has 1 N–H and O–H groups in total. The molecular weight excluding hydrogens is 534 g/mol. The SMILES string of the molecule is Cc1ccc(C)c([NH+]=CN(/C=C(\c2ccccc2)c2cn(-c3cc(C)ccc3C)c3ccccc23)c2cc(C)ccc2C)c1. The average molecular weight is 575 g/mol. The monoisotopic (exact) mass is 574 g/mol. The molecule has 0 spiro atoms. The van der Waals surface area contributed by atoms with Crippen LogP contribution in [-0.2, 0) is 0 Å². The quantitative estimate of drug-likeness (QED) is 0.149. The molecule has 0 radical (unpaired) electrons. The highest BCUT2D eigenvalue weighted by atomic mass is 15.1. The van der Waals surface area contributed by atoms with Gasteiger partial charge in [0, 0.05) is 28.4 Å². The molecule has 3 nitrogen and oxygen atoms in total. The summed E-state index contributed by atoms with van der Waals surface area (Å²) in [6.45, 7) is 12.9. The van der Waals surface area contributed by atoms with Crippen LogP contribution in [0.25, 0.3) is 22.2 Å². The molecule has 218 valence electrons. The van der Waals surface area contributed by atoms with Crippen LogP contribution in [-0.4, -0.2) is 10.9 Å². The molecule has 3 heteroatoms. The van der Waals surface area contributed by atoms with Crippen LogP contribution in [0, 0.1) is 41.5 Å². The Labute approximate surface area is 261 Å². The van der Waals surface area contributed by atoms with E-state index >= 15 is 0 Å². The van der Waals surface area contributed by atoms with Crippen molar-refractivity contribution in [2.75, 3.05) is 4.90 Å². The molecule has 0 unspecified atom stereocenters. The van der Waals surface area contributed by atoms with Crippen LogP contribution in [0.1, 0.15) is 44.5 Å². The minimum Gasteiger partial charge on any atom is -0.316 e. The van der Waals surface area contributed by atoms with Gasteiger partial charge in [0.2, 0.25) is 6.34 Å². The van der Waals surface area contributed by atoms with E-state index in [0.29, 0.717) is 0 Å². The van der Waals surface area contributed by atoms with Crippen LogP contribution in [0.2, 0.25) is 0 Å². The largest absolute Gasteiger partial charge is 0.316 e. The van der Waals surface area contributed by atoms with Crippen molar-refractivity contribution in [1.29, 1.82) is 0 Å². The van der Waals surface area contributed by atoms with Crippen LogP contribution in [0.4, 0.5) is 11.4 Å². The Bertz CT molecular complexity index is 2030. The smallest absolute Gasteiger partial charge is 0.247 e. The minimum atomic E-state index is 1.10. The van der Waals surface area contributed by atoms with E-state index in [4.69, 9.17) is 0 Å². The van der Waals surface area contributed by atoms with Gasteiger partial charge in [-0.1, -0.05) is 84.9 Å². The van der Waals surface area contributed by atoms with Crippen molar-refractivity contribution in [2.24, 2.45) is 0 Å². The Hall–Kier alpha value is -5.15. The Morgan fingerprint density at radius 3 is 2.05 bits per heavy atom. The van der Waals surface area contributed by atoms with Crippen molar-refractivity contribution >= 4 is 34.2 Å². The zero-order valence-corrected chi connectivity index (χ0v) is 26.5. The van der Waals surface area contributed by atoms with Gasteiger partial charge in [-0.05, 0) is 105 Å². The fourth-order valence-electron chi connectivity index (χ4n) is 5.83. The van der Waals surface area contributed by atoms with Gasteiger partial charge < -0.3 is 4.57 Å². The number of anilines is 1. The first-order chi connectivity index (χ1) is 21.3. The summed E-state index contributed by atoms with van der Waals surface area (Å²) < 4.78 is 2.35. The van der Waals surface area contributed by atoms with E-state index in [1.165, 1.54) is 55.5 Å². The highest BCUT2D eigenvalue weighted by Gasteiger charge is 2.20. The number of hydrogen-bond acceptors (Lipinski definition) is 0. The van der Waals surface area contributed by atoms with Crippen LogP contribution in [0.5, 0.6) is 0 Å². The molecule has 0 aliphatic heterocycles. The van der Waals surface area contributed by atoms with Crippen LogP contribution < -0.4 is 9.89 Å². The van der Waals surface area contributed by atoms with E-state index in [9.17, 15) is 0 Å². The van der Waals surface area contributed by atoms with Gasteiger partial charge in [0.1, 0.15) is 17.6 Å². The number of benzene rings is 5. The number of aromatic nitrogens is 1. The second-order valence-electron chi connectivity index (χ2n) is 11.9. The van der Waals surface area contributed by atoms with E-state index in [2.05, 4.69) is 184 Å². The summed E-state index contributed by atoms with van der Waals surface area (Å²) in [7, 11) is 0. The lowest BCUT2D eigenvalue weighted by Crippen LogP contribution is -2.65. The Morgan fingerprint density at radius 2 is 1.27 bits per heavy atom. The van der Waals surface area contributed by atoms with Gasteiger partial charge in [-0.15, -0.1) is 0 Å². The standard InChI is InChI=1S/C41H39N3/c1-28-16-19-31(4)38(22-28)42-27-43(40-23-29(2)17-20-32(40)5)25-36(34-12-8-7-9-13-34)37-26-44(39-15-11-10-14-35(37)39)41-24-30(3)18-21-33(41)6/h7-27H,1-6H3/p+1/b36-25+,42-27?. The number of nitrogens with one attached hydrogen (secondary N) is 1.